The van der Waals surface area contributed by atoms with Crippen molar-refractivity contribution < 1.29 is 14.4 Å². The minimum absolute atomic E-state index is 0.0108. The van der Waals surface area contributed by atoms with Crippen LogP contribution in [0.3, 0.4) is 0 Å². The summed E-state index contributed by atoms with van der Waals surface area (Å²) in [6, 6.07) is 11.9. The Balaban J connectivity index is 2.76. The van der Waals surface area contributed by atoms with Crippen molar-refractivity contribution in [3.63, 3.8) is 0 Å². The van der Waals surface area contributed by atoms with E-state index in [0.717, 1.165) is 5.56 Å². The third-order valence-electron chi connectivity index (χ3n) is 3.73. The van der Waals surface area contributed by atoms with E-state index in [4.69, 9.17) is 17.2 Å². The molecule has 2 aromatic carbocycles. The maximum absolute atomic E-state index is 11.8. The molecule has 0 radical (unpaired) electrons. The molecule has 2 rings (SSSR count). The monoisotopic (exact) mass is 311 g/mol. The van der Waals surface area contributed by atoms with Crippen molar-refractivity contribution >= 4 is 17.7 Å². The molecule has 3 amide bonds. The largest absolute Gasteiger partial charge is 0.366 e. The zero-order chi connectivity index (χ0) is 17.1. The Morgan fingerprint density at radius 2 is 1.30 bits per heavy atom. The molecule has 0 spiro atoms. The Morgan fingerprint density at radius 1 is 0.826 bits per heavy atom. The number of hydrogen-bond donors (Lipinski definition) is 3. The van der Waals surface area contributed by atoms with Crippen LogP contribution < -0.4 is 17.2 Å². The molecule has 0 aliphatic heterocycles. The van der Waals surface area contributed by atoms with Crippen LogP contribution in [0.4, 0.5) is 0 Å². The number of hydrogen-bond acceptors (Lipinski definition) is 3. The molecule has 0 heterocycles. The van der Waals surface area contributed by atoms with Gasteiger partial charge < -0.3 is 17.2 Å². The third-order valence-corrected chi connectivity index (χ3v) is 3.73. The fourth-order valence-electron chi connectivity index (χ4n) is 2.58. The van der Waals surface area contributed by atoms with Gasteiger partial charge in [-0.2, -0.15) is 0 Å². The number of benzene rings is 2. The first-order valence-electron chi connectivity index (χ1n) is 6.95. The predicted octanol–water partition coefficient (Wildman–Crippen LogP) is 1.14. The molecule has 0 saturated carbocycles. The van der Waals surface area contributed by atoms with E-state index >= 15 is 0 Å². The molecular weight excluding hydrogens is 294 g/mol. The quantitative estimate of drug-likeness (QED) is 0.765. The lowest BCUT2D eigenvalue weighted by molar-refractivity contribution is 0.0998. The average molecular weight is 311 g/mol. The number of nitrogens with two attached hydrogens (primary N) is 3. The van der Waals surface area contributed by atoms with Gasteiger partial charge in [-0.15, -0.1) is 0 Å². The Labute approximate surface area is 133 Å². The lowest BCUT2D eigenvalue weighted by atomic mass is 9.84. The van der Waals surface area contributed by atoms with Crippen LogP contribution in [-0.4, -0.2) is 17.7 Å². The summed E-state index contributed by atoms with van der Waals surface area (Å²) >= 11 is 0. The van der Waals surface area contributed by atoms with Gasteiger partial charge in [0.15, 0.2) is 0 Å². The zero-order valence-corrected chi connectivity index (χ0v) is 12.6. The van der Waals surface area contributed by atoms with Gasteiger partial charge in [-0.3, -0.25) is 14.4 Å². The molecule has 23 heavy (non-hydrogen) atoms. The second-order valence-corrected chi connectivity index (χ2v) is 5.21. The average Bonchev–Trinajstić information content (AvgIpc) is 2.53. The van der Waals surface area contributed by atoms with Crippen LogP contribution in [0, 0.1) is 0 Å². The highest BCUT2D eigenvalue weighted by Crippen LogP contribution is 2.31. The van der Waals surface area contributed by atoms with Crippen molar-refractivity contribution in [1.29, 1.82) is 0 Å². The molecule has 6 nitrogen and oxygen atoms in total. The molecular formula is C17H17N3O3. The Morgan fingerprint density at radius 3 is 1.70 bits per heavy atom. The molecule has 0 fully saturated rings. The normalized spacial score (nSPS) is 11.7. The number of carbonyl (C=O) groups excluding carboxylic acids is 3. The summed E-state index contributed by atoms with van der Waals surface area (Å²) in [5.41, 5.74) is 17.5. The Hall–Kier alpha value is -3.15. The summed E-state index contributed by atoms with van der Waals surface area (Å²) < 4.78 is 0. The summed E-state index contributed by atoms with van der Waals surface area (Å²) in [6.45, 7) is 1.83. The molecule has 0 bridgehead atoms. The van der Waals surface area contributed by atoms with Gasteiger partial charge in [0, 0.05) is 22.6 Å². The number of carbonyl (C=O) groups is 3. The maximum Gasteiger partial charge on any atom is 0.249 e. The SMILES string of the molecule is C[C@H](c1ccccc1)c1c(C(N)=O)cc(C(N)=O)cc1C(N)=O. The van der Waals surface area contributed by atoms with Crippen molar-refractivity contribution in [1.82, 2.24) is 0 Å². The summed E-state index contributed by atoms with van der Waals surface area (Å²) in [7, 11) is 0. The third kappa shape index (κ3) is 3.21. The number of amides is 3. The minimum Gasteiger partial charge on any atom is -0.366 e. The van der Waals surface area contributed by atoms with Crippen LogP contribution >= 0.6 is 0 Å². The van der Waals surface area contributed by atoms with E-state index in [1.54, 1.807) is 0 Å². The van der Waals surface area contributed by atoms with Gasteiger partial charge in [0.25, 0.3) is 0 Å². The van der Waals surface area contributed by atoms with Crippen LogP contribution in [0.2, 0.25) is 0 Å². The van der Waals surface area contributed by atoms with Crippen molar-refractivity contribution in [3.8, 4) is 0 Å². The Bertz CT molecular complexity index is 750. The van der Waals surface area contributed by atoms with E-state index < -0.39 is 17.7 Å². The van der Waals surface area contributed by atoms with Gasteiger partial charge in [0.2, 0.25) is 17.7 Å². The smallest absolute Gasteiger partial charge is 0.249 e. The van der Waals surface area contributed by atoms with Crippen LogP contribution in [0.5, 0.6) is 0 Å². The van der Waals surface area contributed by atoms with Crippen LogP contribution in [0.15, 0.2) is 42.5 Å². The van der Waals surface area contributed by atoms with Crippen molar-refractivity contribution in [2.45, 2.75) is 12.8 Å². The second-order valence-electron chi connectivity index (χ2n) is 5.21. The summed E-state index contributed by atoms with van der Waals surface area (Å²) in [5, 5.41) is 0. The van der Waals surface area contributed by atoms with E-state index in [-0.39, 0.29) is 22.6 Å². The molecule has 0 unspecified atom stereocenters. The van der Waals surface area contributed by atoms with E-state index in [9.17, 15) is 14.4 Å². The molecule has 6 N–H and O–H groups in total. The topological polar surface area (TPSA) is 129 Å². The van der Waals surface area contributed by atoms with E-state index in [1.807, 2.05) is 37.3 Å². The first-order valence-corrected chi connectivity index (χ1v) is 6.95. The van der Waals surface area contributed by atoms with Crippen molar-refractivity contribution in [2.24, 2.45) is 17.2 Å². The lowest BCUT2D eigenvalue weighted by Gasteiger charge is -2.19. The van der Waals surface area contributed by atoms with E-state index in [2.05, 4.69) is 0 Å². The van der Waals surface area contributed by atoms with Gasteiger partial charge in [-0.05, 0) is 23.3 Å². The van der Waals surface area contributed by atoms with Gasteiger partial charge >= 0.3 is 0 Å². The van der Waals surface area contributed by atoms with Gasteiger partial charge in [0.05, 0.1) is 0 Å². The Kier molecular flexibility index (Phi) is 4.45. The highest BCUT2D eigenvalue weighted by Gasteiger charge is 2.24. The number of primary amides is 3. The fraction of sp³-hybridized carbons (Fsp3) is 0.118. The molecule has 0 aliphatic rings. The summed E-state index contributed by atoms with van der Waals surface area (Å²) in [6.07, 6.45) is 0. The molecule has 6 heteroatoms. The van der Waals surface area contributed by atoms with Crippen LogP contribution in [0.1, 0.15) is 55.0 Å². The highest BCUT2D eigenvalue weighted by molar-refractivity contribution is 6.05. The summed E-state index contributed by atoms with van der Waals surface area (Å²) in [5.74, 6) is -2.60. The maximum atomic E-state index is 11.8. The van der Waals surface area contributed by atoms with Crippen molar-refractivity contribution in [2.75, 3.05) is 0 Å². The lowest BCUT2D eigenvalue weighted by Crippen LogP contribution is -2.24. The zero-order valence-electron chi connectivity index (χ0n) is 12.6. The molecule has 118 valence electrons. The minimum atomic E-state index is -0.770. The standard InChI is InChI=1S/C17H17N3O3/c1-9(10-5-3-2-4-6-10)14-12(16(19)22)7-11(15(18)21)8-13(14)17(20)23/h2-9H,1H3,(H2,18,21)(H2,19,22)(H2,20,23)/t9-/m1/s1. The summed E-state index contributed by atoms with van der Waals surface area (Å²) in [4.78, 5) is 35.1. The molecule has 1 atom stereocenters. The first-order chi connectivity index (χ1) is 10.8. The predicted molar refractivity (Wildman–Crippen MR) is 86.0 cm³/mol. The van der Waals surface area contributed by atoms with Crippen LogP contribution in [-0.2, 0) is 0 Å². The van der Waals surface area contributed by atoms with E-state index in [1.165, 1.54) is 12.1 Å². The first kappa shape index (κ1) is 16.2. The number of rotatable bonds is 5. The van der Waals surface area contributed by atoms with Crippen LogP contribution in [0.25, 0.3) is 0 Å². The fourth-order valence-corrected chi connectivity index (χ4v) is 2.58. The molecule has 0 aromatic heterocycles. The molecule has 0 aliphatic carbocycles. The van der Waals surface area contributed by atoms with Gasteiger partial charge in [0.1, 0.15) is 0 Å². The van der Waals surface area contributed by atoms with Gasteiger partial charge in [-0.1, -0.05) is 37.3 Å². The highest BCUT2D eigenvalue weighted by atomic mass is 16.2. The molecule has 0 saturated heterocycles. The second kappa shape index (κ2) is 6.31. The molecule has 2 aromatic rings. The van der Waals surface area contributed by atoms with E-state index in [0.29, 0.717) is 5.56 Å². The van der Waals surface area contributed by atoms with Gasteiger partial charge in [-0.25, -0.2) is 0 Å². The van der Waals surface area contributed by atoms with Crippen molar-refractivity contribution in [3.05, 3.63) is 70.3 Å².